The lowest BCUT2D eigenvalue weighted by atomic mass is 10.4. The van der Waals surface area contributed by atoms with Gasteiger partial charge in [0.05, 0.1) is 10.2 Å². The lowest BCUT2D eigenvalue weighted by Gasteiger charge is -2.05. The van der Waals surface area contributed by atoms with Gasteiger partial charge in [-0.2, -0.15) is 0 Å². The van der Waals surface area contributed by atoms with E-state index in [4.69, 9.17) is 0 Å². The van der Waals surface area contributed by atoms with Gasteiger partial charge in [0.15, 0.2) is 0 Å². The molecule has 0 aromatic carbocycles. The molecule has 0 aliphatic rings. The number of rotatable bonds is 6. The van der Waals surface area contributed by atoms with Crippen molar-refractivity contribution in [3.8, 4) is 0 Å². The number of fused-ring (bicyclic) bond motifs is 1. The fraction of sp³-hybridized carbons (Fsp3) is 0.500. The molecule has 1 N–H and O–H groups in total. The van der Waals surface area contributed by atoms with Gasteiger partial charge in [-0.05, 0) is 30.5 Å². The highest BCUT2D eigenvalue weighted by Gasteiger charge is 2.08. The van der Waals surface area contributed by atoms with Crippen LogP contribution >= 0.6 is 23.1 Å². The molecule has 0 atom stereocenters. The van der Waals surface area contributed by atoms with Crippen LogP contribution in [0.15, 0.2) is 16.5 Å². The second-order valence-electron chi connectivity index (χ2n) is 3.72. The van der Waals surface area contributed by atoms with Gasteiger partial charge in [-0.25, -0.2) is 9.97 Å². The Morgan fingerprint density at radius 1 is 1.35 bits per heavy atom. The van der Waals surface area contributed by atoms with Gasteiger partial charge in [0.1, 0.15) is 5.03 Å². The van der Waals surface area contributed by atoms with E-state index in [-0.39, 0.29) is 0 Å². The van der Waals surface area contributed by atoms with Gasteiger partial charge in [0.25, 0.3) is 0 Å². The Hall–Kier alpha value is -0.810. The van der Waals surface area contributed by atoms with Crippen LogP contribution in [0.5, 0.6) is 0 Å². The Morgan fingerprint density at radius 3 is 3.00 bits per heavy atom. The summed E-state index contributed by atoms with van der Waals surface area (Å²) in [7, 11) is 0. The molecule has 2 aromatic heterocycles. The van der Waals surface area contributed by atoms with Crippen LogP contribution in [-0.4, -0.2) is 22.3 Å². The van der Waals surface area contributed by atoms with E-state index in [0.29, 0.717) is 0 Å². The van der Waals surface area contributed by atoms with Crippen LogP contribution in [0.4, 0.5) is 5.95 Å². The van der Waals surface area contributed by atoms with Crippen LogP contribution in [0.3, 0.4) is 0 Å². The molecule has 92 valence electrons. The van der Waals surface area contributed by atoms with Crippen molar-refractivity contribution >= 4 is 39.3 Å². The van der Waals surface area contributed by atoms with Crippen molar-refractivity contribution in [3.05, 3.63) is 11.4 Å². The average Bonchev–Trinajstić information content (AvgIpc) is 2.78. The summed E-state index contributed by atoms with van der Waals surface area (Å²) < 4.78 is 1.22. The molecule has 0 amide bonds. The predicted molar refractivity (Wildman–Crippen MR) is 77.2 cm³/mol. The van der Waals surface area contributed by atoms with Crippen molar-refractivity contribution in [2.24, 2.45) is 0 Å². The maximum atomic E-state index is 4.59. The monoisotopic (exact) mass is 267 g/mol. The van der Waals surface area contributed by atoms with Gasteiger partial charge < -0.3 is 5.32 Å². The second-order valence-corrected chi connectivity index (χ2v) is 5.72. The molecular weight excluding hydrogens is 250 g/mol. The molecule has 0 fully saturated rings. The molecule has 2 heterocycles. The fourth-order valence-electron chi connectivity index (χ4n) is 1.48. The second kappa shape index (κ2) is 6.21. The first-order valence-corrected chi connectivity index (χ1v) is 7.83. The first-order chi connectivity index (χ1) is 8.35. The SMILES string of the molecule is CCCCSc1nc(NCC)nc2ccsc12. The molecule has 17 heavy (non-hydrogen) atoms. The van der Waals surface area contributed by atoms with Crippen LogP contribution in [0.1, 0.15) is 26.7 Å². The van der Waals surface area contributed by atoms with Gasteiger partial charge in [-0.1, -0.05) is 13.3 Å². The van der Waals surface area contributed by atoms with Crippen molar-refractivity contribution in [1.82, 2.24) is 9.97 Å². The Labute approximate surface area is 110 Å². The molecule has 0 radical (unpaired) electrons. The molecule has 0 saturated carbocycles. The smallest absolute Gasteiger partial charge is 0.224 e. The van der Waals surface area contributed by atoms with Crippen molar-refractivity contribution in [1.29, 1.82) is 0 Å². The van der Waals surface area contributed by atoms with E-state index in [1.807, 2.05) is 11.8 Å². The van der Waals surface area contributed by atoms with E-state index in [9.17, 15) is 0 Å². The largest absolute Gasteiger partial charge is 0.354 e. The molecule has 0 aliphatic carbocycles. The Kier molecular flexibility index (Phi) is 4.62. The quantitative estimate of drug-likeness (QED) is 0.487. The summed E-state index contributed by atoms with van der Waals surface area (Å²) in [6.45, 7) is 5.13. The third-order valence-corrected chi connectivity index (χ3v) is 4.45. The van der Waals surface area contributed by atoms with E-state index >= 15 is 0 Å². The molecule has 0 bridgehead atoms. The van der Waals surface area contributed by atoms with Gasteiger partial charge in [-0.3, -0.25) is 0 Å². The van der Waals surface area contributed by atoms with Gasteiger partial charge in [0.2, 0.25) is 5.95 Å². The van der Waals surface area contributed by atoms with Crippen molar-refractivity contribution in [2.45, 2.75) is 31.7 Å². The van der Waals surface area contributed by atoms with E-state index < -0.39 is 0 Å². The number of unbranched alkanes of at least 4 members (excludes halogenated alkanes) is 1. The molecule has 0 unspecified atom stereocenters. The number of aromatic nitrogens is 2. The summed E-state index contributed by atoms with van der Waals surface area (Å²) in [5.74, 6) is 1.88. The topological polar surface area (TPSA) is 37.8 Å². The third-order valence-electron chi connectivity index (χ3n) is 2.34. The zero-order chi connectivity index (χ0) is 12.1. The van der Waals surface area contributed by atoms with Crippen molar-refractivity contribution in [2.75, 3.05) is 17.6 Å². The number of thiophene rings is 1. The fourth-order valence-corrected chi connectivity index (χ4v) is 3.53. The number of hydrogen-bond donors (Lipinski definition) is 1. The average molecular weight is 267 g/mol. The number of anilines is 1. The first kappa shape index (κ1) is 12.6. The first-order valence-electron chi connectivity index (χ1n) is 5.97. The highest BCUT2D eigenvalue weighted by molar-refractivity contribution is 7.99. The van der Waals surface area contributed by atoms with Crippen molar-refractivity contribution in [3.63, 3.8) is 0 Å². The number of nitrogens with one attached hydrogen (secondary N) is 1. The van der Waals surface area contributed by atoms with E-state index in [2.05, 4.69) is 40.6 Å². The zero-order valence-corrected chi connectivity index (χ0v) is 11.8. The van der Waals surface area contributed by atoms with E-state index in [0.717, 1.165) is 28.8 Å². The van der Waals surface area contributed by atoms with Crippen LogP contribution in [-0.2, 0) is 0 Å². The van der Waals surface area contributed by atoms with E-state index in [1.165, 1.54) is 17.5 Å². The van der Waals surface area contributed by atoms with Gasteiger partial charge in [-0.15, -0.1) is 23.1 Å². The maximum absolute atomic E-state index is 4.59. The summed E-state index contributed by atoms with van der Waals surface area (Å²) in [4.78, 5) is 9.07. The highest BCUT2D eigenvalue weighted by Crippen LogP contribution is 2.30. The molecule has 2 rings (SSSR count). The minimum atomic E-state index is 0.748. The van der Waals surface area contributed by atoms with Crippen LogP contribution in [0.25, 0.3) is 10.2 Å². The Balaban J connectivity index is 2.26. The number of nitrogens with zero attached hydrogens (tertiary/aromatic N) is 2. The summed E-state index contributed by atoms with van der Waals surface area (Å²) in [6, 6.07) is 2.06. The summed E-state index contributed by atoms with van der Waals surface area (Å²) >= 11 is 3.56. The highest BCUT2D eigenvalue weighted by atomic mass is 32.2. The Morgan fingerprint density at radius 2 is 2.24 bits per heavy atom. The molecule has 0 spiro atoms. The maximum Gasteiger partial charge on any atom is 0.224 e. The molecule has 3 nitrogen and oxygen atoms in total. The van der Waals surface area contributed by atoms with Crippen LogP contribution in [0.2, 0.25) is 0 Å². The van der Waals surface area contributed by atoms with Gasteiger partial charge in [0, 0.05) is 6.54 Å². The molecule has 0 saturated heterocycles. The van der Waals surface area contributed by atoms with Gasteiger partial charge >= 0.3 is 0 Å². The minimum absolute atomic E-state index is 0.748. The summed E-state index contributed by atoms with van der Waals surface area (Å²) in [5.41, 5.74) is 1.06. The standard InChI is InChI=1S/C12H17N3S2/c1-3-5-7-17-11-10-9(6-8-16-10)14-12(15-11)13-4-2/h6,8H,3-5,7H2,1-2H3,(H,13,14,15). The molecular formula is C12H17N3S2. The van der Waals surface area contributed by atoms with Crippen LogP contribution < -0.4 is 5.32 Å². The lowest BCUT2D eigenvalue weighted by Crippen LogP contribution is -2.02. The normalized spacial score (nSPS) is 10.9. The summed E-state index contributed by atoms with van der Waals surface area (Å²) in [6.07, 6.45) is 2.46. The Bertz CT molecular complexity index is 482. The van der Waals surface area contributed by atoms with Crippen LogP contribution in [0, 0.1) is 0 Å². The number of thioether (sulfide) groups is 1. The zero-order valence-electron chi connectivity index (χ0n) is 10.2. The molecule has 5 heteroatoms. The molecule has 2 aromatic rings. The molecule has 0 aliphatic heterocycles. The lowest BCUT2D eigenvalue weighted by molar-refractivity contribution is 0.895. The van der Waals surface area contributed by atoms with Crippen molar-refractivity contribution < 1.29 is 0 Å². The third kappa shape index (κ3) is 3.10. The minimum Gasteiger partial charge on any atom is -0.354 e. The summed E-state index contributed by atoms with van der Waals surface area (Å²) in [5, 5.41) is 6.39. The number of hydrogen-bond acceptors (Lipinski definition) is 5. The van der Waals surface area contributed by atoms with E-state index in [1.54, 1.807) is 11.3 Å². The predicted octanol–water partition coefficient (Wildman–Crippen LogP) is 4.02.